The molecule has 0 heterocycles. The fourth-order valence-electron chi connectivity index (χ4n) is 2.35. The van der Waals surface area contributed by atoms with Crippen molar-refractivity contribution in [3.05, 3.63) is 24.3 Å². The van der Waals surface area contributed by atoms with Gasteiger partial charge in [0.15, 0.2) is 9.84 Å². The minimum Gasteiger partial charge on any atom is -0.343 e. The maximum atomic E-state index is 12.4. The second-order valence-corrected chi connectivity index (χ2v) is 7.76. The van der Waals surface area contributed by atoms with Crippen LogP contribution in [0, 0.1) is 0 Å². The first-order chi connectivity index (χ1) is 11.3. The van der Waals surface area contributed by atoms with E-state index in [4.69, 9.17) is 0 Å². The molecule has 0 saturated carbocycles. The van der Waals surface area contributed by atoms with Gasteiger partial charge in [-0.15, -0.1) is 0 Å². The van der Waals surface area contributed by atoms with Crippen molar-refractivity contribution in [1.29, 1.82) is 0 Å². The van der Waals surface area contributed by atoms with E-state index in [2.05, 4.69) is 5.32 Å². The molecule has 1 N–H and O–H groups in total. The van der Waals surface area contributed by atoms with Gasteiger partial charge in [-0.3, -0.25) is 9.59 Å². The summed E-state index contributed by atoms with van der Waals surface area (Å²) in [5.41, 5.74) is 0.537. The average molecular weight is 354 g/mol. The van der Waals surface area contributed by atoms with Crippen molar-refractivity contribution in [2.24, 2.45) is 0 Å². The Morgan fingerprint density at radius 3 is 2.04 bits per heavy atom. The number of anilines is 1. The Hall–Kier alpha value is -1.89. The van der Waals surface area contributed by atoms with Gasteiger partial charge in [0.25, 0.3) is 0 Å². The summed E-state index contributed by atoms with van der Waals surface area (Å²) in [5.74, 6) is -0.560. The van der Waals surface area contributed by atoms with Gasteiger partial charge in [0.05, 0.1) is 10.6 Å². The highest BCUT2D eigenvalue weighted by Crippen LogP contribution is 2.16. The number of nitrogens with zero attached hydrogens (tertiary/aromatic N) is 1. The maximum Gasteiger partial charge on any atom is 0.223 e. The molecule has 0 radical (unpaired) electrons. The molecule has 134 valence electrons. The average Bonchev–Trinajstić information content (AvgIpc) is 2.52. The lowest BCUT2D eigenvalue weighted by Crippen LogP contribution is -2.33. The molecule has 0 fully saturated rings. The SMILES string of the molecule is CCCN(CCC)C(=O)CCS(=O)(=O)c1ccc(NC(C)=O)cc1. The van der Waals surface area contributed by atoms with Gasteiger partial charge >= 0.3 is 0 Å². The van der Waals surface area contributed by atoms with Crippen LogP contribution in [0.4, 0.5) is 5.69 Å². The van der Waals surface area contributed by atoms with E-state index in [0.717, 1.165) is 12.8 Å². The zero-order chi connectivity index (χ0) is 18.2. The van der Waals surface area contributed by atoms with Gasteiger partial charge in [-0.05, 0) is 37.1 Å². The predicted octanol–water partition coefficient (Wildman–Crippen LogP) is 2.46. The molecule has 0 aliphatic heterocycles. The first-order valence-corrected chi connectivity index (χ1v) is 9.83. The summed E-state index contributed by atoms with van der Waals surface area (Å²) >= 11 is 0. The molecule has 0 aliphatic carbocycles. The zero-order valence-electron chi connectivity index (χ0n) is 14.5. The van der Waals surface area contributed by atoms with Crippen molar-refractivity contribution in [1.82, 2.24) is 4.90 Å². The minimum absolute atomic E-state index is 0.0181. The fraction of sp³-hybridized carbons (Fsp3) is 0.529. The van der Waals surface area contributed by atoms with Crippen LogP contribution in [0.2, 0.25) is 0 Å². The first kappa shape index (κ1) is 20.2. The molecule has 1 aromatic rings. The predicted molar refractivity (Wildman–Crippen MR) is 94.6 cm³/mol. The van der Waals surface area contributed by atoms with Crippen molar-refractivity contribution in [3.8, 4) is 0 Å². The molecule has 0 spiro atoms. The Labute approximate surface area is 144 Å². The maximum absolute atomic E-state index is 12.4. The number of benzene rings is 1. The summed E-state index contributed by atoms with van der Waals surface area (Å²) < 4.78 is 24.7. The third-order valence-corrected chi connectivity index (χ3v) is 5.19. The van der Waals surface area contributed by atoms with Gasteiger partial charge in [0, 0.05) is 32.1 Å². The van der Waals surface area contributed by atoms with E-state index in [-0.39, 0.29) is 28.9 Å². The third-order valence-electron chi connectivity index (χ3n) is 3.46. The molecule has 6 nitrogen and oxygen atoms in total. The van der Waals surface area contributed by atoms with Crippen LogP contribution in [0.1, 0.15) is 40.0 Å². The highest BCUT2D eigenvalue weighted by Gasteiger charge is 2.19. The van der Waals surface area contributed by atoms with E-state index in [1.165, 1.54) is 31.2 Å². The molecule has 0 unspecified atom stereocenters. The summed E-state index contributed by atoms with van der Waals surface area (Å²) in [6.07, 6.45) is 1.68. The molecule has 0 atom stereocenters. The van der Waals surface area contributed by atoms with E-state index in [0.29, 0.717) is 18.8 Å². The van der Waals surface area contributed by atoms with Gasteiger partial charge in [-0.1, -0.05) is 13.8 Å². The number of sulfone groups is 1. The number of carbonyl (C=O) groups is 2. The molecule has 0 aliphatic rings. The van der Waals surface area contributed by atoms with E-state index in [9.17, 15) is 18.0 Å². The molecule has 0 aromatic heterocycles. The van der Waals surface area contributed by atoms with Crippen LogP contribution in [0.25, 0.3) is 0 Å². The van der Waals surface area contributed by atoms with Gasteiger partial charge in [-0.25, -0.2) is 8.42 Å². The number of hydrogen-bond acceptors (Lipinski definition) is 4. The molecular formula is C17H26N2O4S. The number of hydrogen-bond donors (Lipinski definition) is 1. The number of amides is 2. The van der Waals surface area contributed by atoms with Crippen molar-refractivity contribution in [2.45, 2.75) is 44.9 Å². The molecule has 1 aromatic carbocycles. The molecular weight excluding hydrogens is 328 g/mol. The molecule has 24 heavy (non-hydrogen) atoms. The Morgan fingerprint density at radius 2 is 1.58 bits per heavy atom. The molecule has 2 amide bonds. The second-order valence-electron chi connectivity index (χ2n) is 5.66. The zero-order valence-corrected chi connectivity index (χ0v) is 15.4. The number of nitrogens with one attached hydrogen (secondary N) is 1. The van der Waals surface area contributed by atoms with Gasteiger partial charge in [-0.2, -0.15) is 0 Å². The van der Waals surface area contributed by atoms with E-state index in [1.54, 1.807) is 4.90 Å². The lowest BCUT2D eigenvalue weighted by Gasteiger charge is -2.21. The van der Waals surface area contributed by atoms with Crippen molar-refractivity contribution in [3.63, 3.8) is 0 Å². The normalized spacial score (nSPS) is 11.1. The van der Waals surface area contributed by atoms with Crippen molar-refractivity contribution in [2.75, 3.05) is 24.2 Å². The fourth-order valence-corrected chi connectivity index (χ4v) is 3.58. The van der Waals surface area contributed by atoms with Crippen LogP contribution < -0.4 is 5.32 Å². The van der Waals surface area contributed by atoms with Crippen LogP contribution >= 0.6 is 0 Å². The lowest BCUT2D eigenvalue weighted by atomic mass is 10.3. The Balaban J connectivity index is 2.71. The van der Waals surface area contributed by atoms with E-state index >= 15 is 0 Å². The second kappa shape index (κ2) is 9.42. The minimum atomic E-state index is -3.52. The molecule has 0 bridgehead atoms. The molecule has 7 heteroatoms. The molecule has 1 rings (SSSR count). The topological polar surface area (TPSA) is 83.6 Å². The Bertz CT molecular complexity index is 648. The number of carbonyl (C=O) groups excluding carboxylic acids is 2. The molecule has 0 saturated heterocycles. The van der Waals surface area contributed by atoms with Gasteiger partial charge in [0.1, 0.15) is 0 Å². The summed E-state index contributed by atoms with van der Waals surface area (Å²) in [4.78, 5) is 25.0. The smallest absolute Gasteiger partial charge is 0.223 e. The lowest BCUT2D eigenvalue weighted by molar-refractivity contribution is -0.130. The van der Waals surface area contributed by atoms with Crippen LogP contribution in [-0.2, 0) is 19.4 Å². The van der Waals surface area contributed by atoms with Gasteiger partial charge in [0.2, 0.25) is 11.8 Å². The summed E-state index contributed by atoms with van der Waals surface area (Å²) in [6, 6.07) is 5.97. The summed E-state index contributed by atoms with van der Waals surface area (Å²) in [7, 11) is -3.52. The van der Waals surface area contributed by atoms with Crippen molar-refractivity contribution >= 4 is 27.3 Å². The highest BCUT2D eigenvalue weighted by molar-refractivity contribution is 7.91. The third kappa shape index (κ3) is 6.31. The van der Waals surface area contributed by atoms with Crippen LogP contribution in [0.5, 0.6) is 0 Å². The van der Waals surface area contributed by atoms with Gasteiger partial charge < -0.3 is 10.2 Å². The highest BCUT2D eigenvalue weighted by atomic mass is 32.2. The largest absolute Gasteiger partial charge is 0.343 e. The van der Waals surface area contributed by atoms with E-state index < -0.39 is 9.84 Å². The van der Waals surface area contributed by atoms with Crippen LogP contribution in [-0.4, -0.2) is 44.0 Å². The summed E-state index contributed by atoms with van der Waals surface area (Å²) in [5, 5.41) is 2.58. The standard InChI is InChI=1S/C17H26N2O4S/c1-4-11-19(12-5-2)17(21)10-13-24(22,23)16-8-6-15(7-9-16)18-14(3)20/h6-9H,4-5,10-13H2,1-3H3,(H,18,20). The summed E-state index contributed by atoms with van der Waals surface area (Å²) in [6.45, 7) is 6.66. The Morgan fingerprint density at radius 1 is 1.04 bits per heavy atom. The van der Waals surface area contributed by atoms with Crippen molar-refractivity contribution < 1.29 is 18.0 Å². The monoisotopic (exact) mass is 354 g/mol. The first-order valence-electron chi connectivity index (χ1n) is 8.18. The Kier molecular flexibility index (Phi) is 7.91. The van der Waals surface area contributed by atoms with Crippen LogP contribution in [0.15, 0.2) is 29.2 Å². The number of rotatable bonds is 9. The van der Waals surface area contributed by atoms with Crippen LogP contribution in [0.3, 0.4) is 0 Å². The van der Waals surface area contributed by atoms with E-state index in [1.807, 2.05) is 13.8 Å². The quantitative estimate of drug-likeness (QED) is 0.738.